The normalized spacial score (nSPS) is 13.6. The van der Waals surface area contributed by atoms with Crippen molar-refractivity contribution in [1.82, 2.24) is 0 Å². The van der Waals surface area contributed by atoms with E-state index in [1.165, 1.54) is 38.5 Å². The summed E-state index contributed by atoms with van der Waals surface area (Å²) in [6.07, 6.45) is 27.8. The van der Waals surface area contributed by atoms with Gasteiger partial charge in [0.1, 0.15) is 6.61 Å². The average Bonchev–Trinajstić information content (AvgIpc) is 2.96. The molecule has 0 radical (unpaired) electrons. The summed E-state index contributed by atoms with van der Waals surface area (Å²) >= 11 is 0. The van der Waals surface area contributed by atoms with Gasteiger partial charge in [0, 0.05) is 19.3 Å². The van der Waals surface area contributed by atoms with E-state index in [4.69, 9.17) is 14.2 Å². The molecule has 0 aliphatic heterocycles. The lowest BCUT2D eigenvalue weighted by molar-refractivity contribution is -0.887. The molecule has 0 aliphatic rings. The lowest BCUT2D eigenvalue weighted by Crippen LogP contribution is -2.50. The maximum atomic E-state index is 12.5. The van der Waals surface area contributed by atoms with E-state index in [0.717, 1.165) is 44.9 Å². The summed E-state index contributed by atoms with van der Waals surface area (Å²) in [5, 5.41) is 9.54. The smallest absolute Gasteiger partial charge is 0.362 e. The average molecular weight is 623 g/mol. The lowest BCUT2D eigenvalue weighted by atomic mass is 10.1. The molecule has 0 aromatic carbocycles. The van der Waals surface area contributed by atoms with Gasteiger partial charge in [0.2, 0.25) is 0 Å². The quantitative estimate of drug-likeness (QED) is 0.0391. The van der Waals surface area contributed by atoms with Gasteiger partial charge in [-0.25, -0.2) is 4.79 Å². The Morgan fingerprint density at radius 1 is 0.705 bits per heavy atom. The number of likely N-dealkylation sites (N-methyl/N-ethyl adjacent to an activating group) is 1. The number of carboxylic acids is 1. The number of unbranched alkanes of at least 4 members (excludes halogenated alkanes) is 9. The second-order valence-electron chi connectivity index (χ2n) is 12.4. The molecule has 0 amide bonds. The highest BCUT2D eigenvalue weighted by Gasteiger charge is 2.31. The number of allylic oxidation sites excluding steroid dienone is 6. The molecule has 0 aliphatic carbocycles. The number of carbonyl (C=O) groups is 3. The fourth-order valence-electron chi connectivity index (χ4n) is 4.64. The van der Waals surface area contributed by atoms with E-state index in [-0.39, 0.29) is 42.7 Å². The number of esters is 2. The van der Waals surface area contributed by atoms with Crippen molar-refractivity contribution in [2.45, 2.75) is 135 Å². The zero-order valence-electron chi connectivity index (χ0n) is 28.6. The summed E-state index contributed by atoms with van der Waals surface area (Å²) in [5.41, 5.74) is 0. The summed E-state index contributed by atoms with van der Waals surface area (Å²) in [5.74, 6) is -1.55. The van der Waals surface area contributed by atoms with E-state index in [2.05, 4.69) is 50.3 Å². The molecule has 0 heterocycles. The van der Waals surface area contributed by atoms with Crippen molar-refractivity contribution < 1.29 is 38.2 Å². The summed E-state index contributed by atoms with van der Waals surface area (Å²) in [7, 11) is 5.48. The van der Waals surface area contributed by atoms with Gasteiger partial charge < -0.3 is 23.8 Å². The molecule has 8 heteroatoms. The first-order valence-electron chi connectivity index (χ1n) is 17.0. The van der Waals surface area contributed by atoms with E-state index in [1.807, 2.05) is 21.1 Å². The molecule has 0 rings (SSSR count). The largest absolute Gasteiger partial charge is 0.477 e. The molecular weight excluding hydrogens is 558 g/mol. The SMILES string of the molecule is CC/C=C/C/C=C/C/C=C/CCCC(=O)OC(COCCC(C(=O)O)[N+](C)(C)C)COC(=O)CCCCCCCCCCC. The number of carbonyl (C=O) groups excluding carboxylic acids is 2. The van der Waals surface area contributed by atoms with Crippen LogP contribution >= 0.6 is 0 Å². The lowest BCUT2D eigenvalue weighted by Gasteiger charge is -2.31. The first-order chi connectivity index (χ1) is 21.1. The van der Waals surface area contributed by atoms with Crippen molar-refractivity contribution in [2.24, 2.45) is 0 Å². The molecule has 8 nitrogen and oxygen atoms in total. The molecule has 1 N–H and O–H groups in total. The molecule has 0 spiro atoms. The Hall–Kier alpha value is -2.45. The monoisotopic (exact) mass is 622 g/mol. The molecule has 2 atom stereocenters. The third kappa shape index (κ3) is 26.0. The second kappa shape index (κ2) is 28.1. The van der Waals surface area contributed by atoms with Gasteiger partial charge in [0.25, 0.3) is 0 Å². The van der Waals surface area contributed by atoms with E-state index in [0.29, 0.717) is 19.3 Å². The van der Waals surface area contributed by atoms with Crippen LogP contribution in [0.2, 0.25) is 0 Å². The van der Waals surface area contributed by atoms with Crippen LogP contribution in [0.3, 0.4) is 0 Å². The summed E-state index contributed by atoms with van der Waals surface area (Å²) in [4.78, 5) is 36.5. The molecular formula is C36H64NO7+. The number of carboxylic acid groups (broad SMARTS) is 1. The fourth-order valence-corrected chi connectivity index (χ4v) is 4.64. The van der Waals surface area contributed by atoms with Crippen molar-refractivity contribution in [2.75, 3.05) is 41.0 Å². The topological polar surface area (TPSA) is 99.1 Å². The van der Waals surface area contributed by atoms with Crippen LogP contribution in [0, 0.1) is 0 Å². The molecule has 2 unspecified atom stereocenters. The Kier molecular flexibility index (Phi) is 26.5. The van der Waals surface area contributed by atoms with E-state index >= 15 is 0 Å². The van der Waals surface area contributed by atoms with Gasteiger partial charge in [0.05, 0.1) is 34.4 Å². The van der Waals surface area contributed by atoms with Crippen LogP contribution in [0.15, 0.2) is 36.5 Å². The minimum Gasteiger partial charge on any atom is -0.477 e. The zero-order chi connectivity index (χ0) is 32.9. The van der Waals surface area contributed by atoms with E-state index in [9.17, 15) is 19.5 Å². The third-order valence-corrected chi connectivity index (χ3v) is 7.30. The number of hydrogen-bond acceptors (Lipinski definition) is 6. The van der Waals surface area contributed by atoms with E-state index < -0.39 is 18.1 Å². The number of aliphatic carboxylic acids is 1. The number of hydrogen-bond donors (Lipinski definition) is 1. The standard InChI is InChI=1S/C36H63NO7/c1-6-8-10-12-14-16-17-19-21-23-25-27-35(39)44-32(30-42-29-28-33(36(40)41)37(3,4)5)31-43-34(38)26-24-22-20-18-15-13-11-9-7-2/h8,10,14,16,19,21,32-33H,6-7,9,11-13,15,17-18,20,22-31H2,1-5H3/p+1/b10-8+,16-14+,21-19+. The highest BCUT2D eigenvalue weighted by Crippen LogP contribution is 2.12. The first kappa shape index (κ1) is 41.5. The maximum absolute atomic E-state index is 12.5. The Morgan fingerprint density at radius 2 is 1.27 bits per heavy atom. The van der Waals surface area contributed by atoms with Gasteiger partial charge in [-0.3, -0.25) is 9.59 Å². The predicted octanol–water partition coefficient (Wildman–Crippen LogP) is 7.96. The van der Waals surface area contributed by atoms with Crippen LogP contribution < -0.4 is 0 Å². The fraction of sp³-hybridized carbons (Fsp3) is 0.750. The number of quaternary nitrogens is 1. The summed E-state index contributed by atoms with van der Waals surface area (Å²) in [6.45, 7) is 4.51. The van der Waals surface area contributed by atoms with Gasteiger partial charge >= 0.3 is 17.9 Å². The van der Waals surface area contributed by atoms with Crippen LogP contribution in [0.25, 0.3) is 0 Å². The Morgan fingerprint density at radius 3 is 1.86 bits per heavy atom. The van der Waals surface area contributed by atoms with Crippen LogP contribution in [0.5, 0.6) is 0 Å². The van der Waals surface area contributed by atoms with Crippen LogP contribution in [-0.4, -0.2) is 80.6 Å². The van der Waals surface area contributed by atoms with Gasteiger partial charge in [0.15, 0.2) is 12.1 Å². The van der Waals surface area contributed by atoms with Crippen molar-refractivity contribution in [3.8, 4) is 0 Å². The van der Waals surface area contributed by atoms with Crippen LogP contribution in [0.4, 0.5) is 0 Å². The van der Waals surface area contributed by atoms with Crippen LogP contribution in [-0.2, 0) is 28.6 Å². The molecule has 0 bridgehead atoms. The highest BCUT2D eigenvalue weighted by molar-refractivity contribution is 5.72. The molecule has 254 valence electrons. The van der Waals surface area contributed by atoms with Gasteiger partial charge in [-0.2, -0.15) is 0 Å². The van der Waals surface area contributed by atoms with Crippen molar-refractivity contribution in [3.05, 3.63) is 36.5 Å². The number of rotatable bonds is 29. The summed E-state index contributed by atoms with van der Waals surface area (Å²) < 4.78 is 17.0. The zero-order valence-corrected chi connectivity index (χ0v) is 28.6. The molecule has 0 saturated carbocycles. The summed E-state index contributed by atoms with van der Waals surface area (Å²) in [6, 6.07) is -0.619. The van der Waals surface area contributed by atoms with Crippen molar-refractivity contribution in [3.63, 3.8) is 0 Å². The van der Waals surface area contributed by atoms with Gasteiger partial charge in [-0.1, -0.05) is 102 Å². The molecule has 0 aromatic rings. The van der Waals surface area contributed by atoms with Gasteiger partial charge in [-0.05, 0) is 38.5 Å². The Bertz CT molecular complexity index is 829. The van der Waals surface area contributed by atoms with Crippen LogP contribution in [0.1, 0.15) is 123 Å². The van der Waals surface area contributed by atoms with Crippen molar-refractivity contribution in [1.29, 1.82) is 0 Å². The highest BCUT2D eigenvalue weighted by atomic mass is 16.6. The molecule has 0 saturated heterocycles. The van der Waals surface area contributed by atoms with E-state index in [1.54, 1.807) is 0 Å². The van der Waals surface area contributed by atoms with Crippen molar-refractivity contribution >= 4 is 17.9 Å². The Labute approximate surface area is 268 Å². The minimum atomic E-state index is -0.885. The first-order valence-corrected chi connectivity index (χ1v) is 17.0. The van der Waals surface area contributed by atoms with Gasteiger partial charge in [-0.15, -0.1) is 0 Å². The second-order valence-corrected chi connectivity index (χ2v) is 12.4. The number of ether oxygens (including phenoxy) is 3. The third-order valence-electron chi connectivity index (χ3n) is 7.30. The molecule has 44 heavy (non-hydrogen) atoms. The molecule has 0 aromatic heterocycles. The minimum absolute atomic E-state index is 0.0419. The Balaban J connectivity index is 4.58. The predicted molar refractivity (Wildman–Crippen MR) is 178 cm³/mol. The molecule has 0 fully saturated rings. The maximum Gasteiger partial charge on any atom is 0.362 e. The number of nitrogens with zero attached hydrogens (tertiary/aromatic N) is 1.